The van der Waals surface area contributed by atoms with Crippen LogP contribution in [0, 0.1) is 5.92 Å². The largest absolute Gasteiger partial charge is 0.486 e. The maximum absolute atomic E-state index is 12.9. The fraction of sp³-hybridized carbons (Fsp3) is 0.619. The van der Waals surface area contributed by atoms with Crippen molar-refractivity contribution in [3.8, 4) is 11.5 Å². The Labute approximate surface area is 160 Å². The Kier molecular flexibility index (Phi) is 5.34. The van der Waals surface area contributed by atoms with Crippen LogP contribution in [0.3, 0.4) is 0 Å². The minimum atomic E-state index is -0.0894. The Balaban J connectivity index is 1.34. The third kappa shape index (κ3) is 3.81. The summed E-state index contributed by atoms with van der Waals surface area (Å²) in [7, 11) is 0. The zero-order valence-electron chi connectivity index (χ0n) is 16.0. The van der Waals surface area contributed by atoms with Crippen LogP contribution >= 0.6 is 0 Å². The number of ketones is 1. The van der Waals surface area contributed by atoms with Crippen molar-refractivity contribution in [3.05, 3.63) is 23.8 Å². The normalized spacial score (nSPS) is 21.9. The lowest BCUT2D eigenvalue weighted by Gasteiger charge is -2.36. The average molecular weight is 372 g/mol. The molecule has 0 aromatic heterocycles. The van der Waals surface area contributed by atoms with Crippen LogP contribution in [0.15, 0.2) is 18.2 Å². The summed E-state index contributed by atoms with van der Waals surface area (Å²) >= 11 is 0. The first-order valence-electron chi connectivity index (χ1n) is 10.1. The highest BCUT2D eigenvalue weighted by atomic mass is 16.6. The summed E-state index contributed by atoms with van der Waals surface area (Å²) in [4.78, 5) is 29.7. The predicted octanol–water partition coefficient (Wildman–Crippen LogP) is 2.36. The van der Waals surface area contributed by atoms with Gasteiger partial charge in [0.2, 0.25) is 5.91 Å². The van der Waals surface area contributed by atoms with E-state index in [4.69, 9.17) is 9.47 Å². The van der Waals surface area contributed by atoms with Gasteiger partial charge in [-0.15, -0.1) is 0 Å². The van der Waals surface area contributed by atoms with Crippen LogP contribution in [0.25, 0.3) is 0 Å². The molecule has 3 heterocycles. The lowest BCUT2D eigenvalue weighted by Crippen LogP contribution is -2.49. The van der Waals surface area contributed by atoms with Gasteiger partial charge in [0, 0.05) is 24.6 Å². The molecule has 3 aliphatic rings. The summed E-state index contributed by atoms with van der Waals surface area (Å²) in [6.45, 7) is 6.44. The molecule has 1 amide bonds. The van der Waals surface area contributed by atoms with E-state index in [0.717, 1.165) is 51.9 Å². The monoisotopic (exact) mass is 372 g/mol. The number of likely N-dealkylation sites (tertiary alicyclic amines) is 2. The van der Waals surface area contributed by atoms with Gasteiger partial charge in [-0.1, -0.05) is 0 Å². The van der Waals surface area contributed by atoms with E-state index in [1.54, 1.807) is 0 Å². The van der Waals surface area contributed by atoms with Gasteiger partial charge < -0.3 is 14.4 Å². The fourth-order valence-electron chi connectivity index (χ4n) is 4.34. The van der Waals surface area contributed by atoms with Crippen LogP contribution in [0.1, 0.15) is 43.0 Å². The Morgan fingerprint density at radius 3 is 2.37 bits per heavy atom. The van der Waals surface area contributed by atoms with Gasteiger partial charge in [0.05, 0.1) is 6.04 Å². The zero-order valence-corrected chi connectivity index (χ0v) is 16.0. The highest BCUT2D eigenvalue weighted by Crippen LogP contribution is 2.32. The molecule has 0 saturated carbocycles. The number of carbonyl (C=O) groups is 2. The molecule has 1 aromatic rings. The molecule has 0 bridgehead atoms. The Morgan fingerprint density at radius 2 is 1.67 bits per heavy atom. The van der Waals surface area contributed by atoms with Crippen molar-refractivity contribution >= 4 is 11.7 Å². The van der Waals surface area contributed by atoms with Gasteiger partial charge in [0.1, 0.15) is 13.2 Å². The molecule has 0 N–H and O–H groups in total. The molecule has 2 fully saturated rings. The molecule has 1 unspecified atom stereocenters. The van der Waals surface area contributed by atoms with Crippen molar-refractivity contribution in [2.24, 2.45) is 5.92 Å². The van der Waals surface area contributed by atoms with Crippen molar-refractivity contribution in [3.63, 3.8) is 0 Å². The van der Waals surface area contributed by atoms with E-state index >= 15 is 0 Å². The predicted molar refractivity (Wildman–Crippen MR) is 101 cm³/mol. The topological polar surface area (TPSA) is 59.1 Å². The number of hydrogen-bond acceptors (Lipinski definition) is 5. The zero-order chi connectivity index (χ0) is 18.8. The lowest BCUT2D eigenvalue weighted by atomic mass is 9.88. The van der Waals surface area contributed by atoms with E-state index in [9.17, 15) is 9.59 Å². The maximum atomic E-state index is 12.9. The molecule has 6 heteroatoms. The number of fused-ring (bicyclic) bond motifs is 1. The van der Waals surface area contributed by atoms with Crippen molar-refractivity contribution in [2.45, 2.75) is 38.6 Å². The van der Waals surface area contributed by atoms with E-state index in [1.165, 1.54) is 0 Å². The van der Waals surface area contributed by atoms with Crippen LogP contribution < -0.4 is 9.47 Å². The molecule has 0 radical (unpaired) electrons. The molecular formula is C21H28N2O4. The standard InChI is InChI=1S/C21H28N2O4/c1-15(21(25)23-8-2-3-9-23)22-10-6-16(7-11-22)20(24)17-4-5-18-19(14-17)27-13-12-26-18/h4-5,14-16H,2-3,6-13H2,1H3. The van der Waals surface area contributed by atoms with Gasteiger partial charge in [-0.3, -0.25) is 14.5 Å². The first kappa shape index (κ1) is 18.3. The molecule has 6 nitrogen and oxygen atoms in total. The van der Waals surface area contributed by atoms with Gasteiger partial charge in [0.15, 0.2) is 17.3 Å². The average Bonchev–Trinajstić information content (AvgIpc) is 3.27. The summed E-state index contributed by atoms with van der Waals surface area (Å²) < 4.78 is 11.1. The number of hydrogen-bond donors (Lipinski definition) is 0. The molecule has 4 rings (SSSR count). The number of nitrogens with zero attached hydrogens (tertiary/aromatic N) is 2. The van der Waals surface area contributed by atoms with Crippen LogP contribution in [-0.2, 0) is 4.79 Å². The molecule has 27 heavy (non-hydrogen) atoms. The van der Waals surface area contributed by atoms with Crippen LogP contribution in [0.2, 0.25) is 0 Å². The Bertz CT molecular complexity index is 706. The number of ether oxygens (including phenoxy) is 2. The Hall–Kier alpha value is -2.08. The van der Waals surface area contributed by atoms with Crippen LogP contribution in [0.4, 0.5) is 0 Å². The second-order valence-corrected chi connectivity index (χ2v) is 7.74. The number of amides is 1. The first-order chi connectivity index (χ1) is 13.1. The number of piperidine rings is 1. The molecule has 0 spiro atoms. The maximum Gasteiger partial charge on any atom is 0.239 e. The fourth-order valence-corrected chi connectivity index (χ4v) is 4.34. The SMILES string of the molecule is CC(C(=O)N1CCCC1)N1CCC(C(=O)c2ccc3c(c2)OCCO3)CC1. The van der Waals surface area contributed by atoms with E-state index in [-0.39, 0.29) is 23.7 Å². The summed E-state index contributed by atoms with van der Waals surface area (Å²) in [5, 5.41) is 0. The van der Waals surface area contributed by atoms with E-state index < -0.39 is 0 Å². The second-order valence-electron chi connectivity index (χ2n) is 7.74. The van der Waals surface area contributed by atoms with Crippen molar-refractivity contribution < 1.29 is 19.1 Å². The smallest absolute Gasteiger partial charge is 0.239 e. The number of Topliss-reactive ketones (excluding diaryl/α,β-unsaturated/α-hetero) is 1. The van der Waals surface area contributed by atoms with E-state index in [0.29, 0.717) is 30.3 Å². The second kappa shape index (κ2) is 7.89. The lowest BCUT2D eigenvalue weighted by molar-refractivity contribution is -0.135. The quantitative estimate of drug-likeness (QED) is 0.760. The van der Waals surface area contributed by atoms with Crippen LogP contribution in [-0.4, -0.2) is 66.9 Å². The summed E-state index contributed by atoms with van der Waals surface area (Å²) in [6.07, 6.45) is 3.82. The first-order valence-corrected chi connectivity index (χ1v) is 10.1. The summed E-state index contributed by atoms with van der Waals surface area (Å²) in [5.74, 6) is 1.79. The minimum absolute atomic E-state index is 0.0119. The van der Waals surface area contributed by atoms with Crippen molar-refractivity contribution in [1.82, 2.24) is 9.80 Å². The van der Waals surface area contributed by atoms with Gasteiger partial charge in [0.25, 0.3) is 0 Å². The van der Waals surface area contributed by atoms with Crippen LogP contribution in [0.5, 0.6) is 11.5 Å². The minimum Gasteiger partial charge on any atom is -0.486 e. The summed E-state index contributed by atoms with van der Waals surface area (Å²) in [6, 6.07) is 5.38. The number of rotatable bonds is 4. The number of carbonyl (C=O) groups excluding carboxylic acids is 2. The molecule has 3 aliphatic heterocycles. The third-order valence-electron chi connectivity index (χ3n) is 6.05. The van der Waals surface area contributed by atoms with Crippen molar-refractivity contribution in [1.29, 1.82) is 0 Å². The molecule has 0 aliphatic carbocycles. The molecule has 146 valence electrons. The molecule has 2 saturated heterocycles. The molecule has 1 atom stereocenters. The van der Waals surface area contributed by atoms with E-state index in [2.05, 4.69) is 4.90 Å². The third-order valence-corrected chi connectivity index (χ3v) is 6.05. The van der Waals surface area contributed by atoms with E-state index in [1.807, 2.05) is 30.0 Å². The molecule has 1 aromatic carbocycles. The highest BCUT2D eigenvalue weighted by molar-refractivity contribution is 5.98. The van der Waals surface area contributed by atoms with Crippen molar-refractivity contribution in [2.75, 3.05) is 39.4 Å². The number of benzene rings is 1. The Morgan fingerprint density at radius 1 is 1.00 bits per heavy atom. The van der Waals surface area contributed by atoms with Gasteiger partial charge in [-0.05, 0) is 63.9 Å². The summed E-state index contributed by atoms with van der Waals surface area (Å²) in [5.41, 5.74) is 0.693. The van der Waals surface area contributed by atoms with Gasteiger partial charge >= 0.3 is 0 Å². The molecular weight excluding hydrogens is 344 g/mol. The van der Waals surface area contributed by atoms with Gasteiger partial charge in [-0.2, -0.15) is 0 Å². The van der Waals surface area contributed by atoms with Gasteiger partial charge in [-0.25, -0.2) is 0 Å². The highest BCUT2D eigenvalue weighted by Gasteiger charge is 2.32.